The van der Waals surface area contributed by atoms with Gasteiger partial charge in [0.25, 0.3) is 0 Å². The second-order valence-corrected chi connectivity index (χ2v) is 11.0. The highest BCUT2D eigenvalue weighted by atomic mass is 28.3. The molecular formula is C19H39NSi. The maximum atomic E-state index is 4.23. The van der Waals surface area contributed by atoms with Crippen LogP contribution < -0.4 is 0 Å². The van der Waals surface area contributed by atoms with Crippen LogP contribution in [0.15, 0.2) is 11.8 Å². The average molecular weight is 310 g/mol. The molecule has 0 spiro atoms. The molecule has 0 bridgehead atoms. The molecule has 2 heteroatoms. The lowest BCUT2D eigenvalue weighted by atomic mass is 10.1. The Bertz CT molecular complexity index is 265. The van der Waals surface area contributed by atoms with E-state index in [-0.39, 0.29) is 0 Å². The Morgan fingerprint density at radius 3 is 1.90 bits per heavy atom. The molecule has 0 radical (unpaired) electrons. The first-order chi connectivity index (χ1) is 10.1. The van der Waals surface area contributed by atoms with Gasteiger partial charge in [-0.25, -0.2) is 0 Å². The number of hydrogen-bond acceptors (Lipinski definition) is 1. The highest BCUT2D eigenvalue weighted by molar-refractivity contribution is 6.66. The summed E-state index contributed by atoms with van der Waals surface area (Å²) in [5.74, 6) is 0. The van der Waals surface area contributed by atoms with Gasteiger partial charge in [-0.15, -0.1) is 6.58 Å². The first kappa shape index (κ1) is 19.0. The largest absolute Gasteiger partial charge is 0.301 e. The molecule has 0 aromatic heterocycles. The zero-order valence-corrected chi connectivity index (χ0v) is 16.2. The van der Waals surface area contributed by atoms with Gasteiger partial charge in [0.05, 0.1) is 8.80 Å². The topological polar surface area (TPSA) is 3.24 Å². The van der Waals surface area contributed by atoms with Crippen molar-refractivity contribution in [2.24, 2.45) is 0 Å². The number of hydrogen-bond donors (Lipinski definition) is 0. The summed E-state index contributed by atoms with van der Waals surface area (Å²) in [6.07, 6.45) is 13.0. The van der Waals surface area contributed by atoms with Crippen LogP contribution in [-0.4, -0.2) is 32.8 Å². The van der Waals surface area contributed by atoms with Gasteiger partial charge in [0.15, 0.2) is 0 Å². The Labute approximate surface area is 135 Å². The van der Waals surface area contributed by atoms with Gasteiger partial charge in [0, 0.05) is 6.04 Å². The standard InChI is InChI=1S/C19H39NSi/c1-5-21(18(2)3)17-14-19(4)20-15-12-10-8-6-7-9-11-13-16-20/h19,21H,2,5-17H2,1,3-4H3. The van der Waals surface area contributed by atoms with Gasteiger partial charge in [0.2, 0.25) is 0 Å². The predicted molar refractivity (Wildman–Crippen MR) is 99.8 cm³/mol. The van der Waals surface area contributed by atoms with Crippen molar-refractivity contribution in [3.63, 3.8) is 0 Å². The minimum Gasteiger partial charge on any atom is -0.301 e. The number of allylic oxidation sites excluding steroid dienone is 1. The van der Waals surface area contributed by atoms with Crippen molar-refractivity contribution < 1.29 is 0 Å². The molecule has 1 rings (SSSR count). The quantitative estimate of drug-likeness (QED) is 0.580. The van der Waals surface area contributed by atoms with Gasteiger partial charge >= 0.3 is 0 Å². The van der Waals surface area contributed by atoms with Gasteiger partial charge in [-0.2, -0.15) is 0 Å². The third-order valence-corrected chi connectivity index (χ3v) is 8.80. The smallest absolute Gasteiger partial charge is 0.0643 e. The van der Waals surface area contributed by atoms with Crippen molar-refractivity contribution in [1.82, 2.24) is 4.90 Å². The molecule has 0 aromatic carbocycles. The zero-order valence-electron chi connectivity index (χ0n) is 15.0. The Morgan fingerprint density at radius 2 is 1.48 bits per heavy atom. The molecule has 1 saturated heterocycles. The van der Waals surface area contributed by atoms with E-state index in [4.69, 9.17) is 0 Å². The predicted octanol–water partition coefficient (Wildman–Crippen LogP) is 5.56. The molecule has 21 heavy (non-hydrogen) atoms. The third kappa shape index (κ3) is 8.20. The normalized spacial score (nSPS) is 22.2. The van der Waals surface area contributed by atoms with Gasteiger partial charge in [-0.1, -0.05) is 62.7 Å². The Balaban J connectivity index is 2.39. The van der Waals surface area contributed by atoms with Crippen LogP contribution in [0.5, 0.6) is 0 Å². The summed E-state index contributed by atoms with van der Waals surface area (Å²) in [5, 5.41) is 1.52. The van der Waals surface area contributed by atoms with E-state index in [0.717, 1.165) is 6.04 Å². The minimum atomic E-state index is -0.661. The molecule has 2 unspecified atom stereocenters. The fourth-order valence-corrected chi connectivity index (χ4v) is 6.15. The van der Waals surface area contributed by atoms with Crippen LogP contribution in [0.1, 0.15) is 78.6 Å². The molecule has 0 saturated carbocycles. The Hall–Kier alpha value is -0.0831. The third-order valence-electron chi connectivity index (χ3n) is 5.39. The summed E-state index contributed by atoms with van der Waals surface area (Å²) in [4.78, 5) is 2.80. The van der Waals surface area contributed by atoms with Crippen LogP contribution >= 0.6 is 0 Å². The van der Waals surface area contributed by atoms with E-state index in [1.807, 2.05) is 0 Å². The molecular weight excluding hydrogens is 270 g/mol. The van der Waals surface area contributed by atoms with Crippen LogP contribution in [0.4, 0.5) is 0 Å². The molecule has 0 aliphatic carbocycles. The lowest BCUT2D eigenvalue weighted by Crippen LogP contribution is -2.35. The van der Waals surface area contributed by atoms with Gasteiger partial charge < -0.3 is 4.90 Å². The SMILES string of the molecule is C=C(C)[SiH](CC)CCC(C)N1CCCCCCCCCC1. The minimum absolute atomic E-state index is 0.661. The summed E-state index contributed by atoms with van der Waals surface area (Å²) in [6, 6.07) is 3.64. The number of nitrogens with zero attached hydrogens (tertiary/aromatic N) is 1. The van der Waals surface area contributed by atoms with E-state index in [1.165, 1.54) is 88.2 Å². The van der Waals surface area contributed by atoms with Gasteiger partial charge in [-0.05, 0) is 46.2 Å². The van der Waals surface area contributed by atoms with E-state index in [9.17, 15) is 0 Å². The molecule has 1 aliphatic rings. The second-order valence-electron chi connectivity index (χ2n) is 7.24. The molecule has 1 aliphatic heterocycles. The highest BCUT2D eigenvalue weighted by Crippen LogP contribution is 2.18. The molecule has 1 nitrogen and oxygen atoms in total. The van der Waals surface area contributed by atoms with Crippen molar-refractivity contribution in [2.75, 3.05) is 13.1 Å². The molecule has 0 N–H and O–H groups in total. The fraction of sp³-hybridized carbons (Fsp3) is 0.895. The van der Waals surface area contributed by atoms with Crippen LogP contribution in [0.25, 0.3) is 0 Å². The van der Waals surface area contributed by atoms with Gasteiger partial charge in [0.1, 0.15) is 0 Å². The Morgan fingerprint density at radius 1 is 1.00 bits per heavy atom. The first-order valence-corrected chi connectivity index (χ1v) is 11.8. The van der Waals surface area contributed by atoms with Crippen molar-refractivity contribution in [3.05, 3.63) is 11.8 Å². The lowest BCUT2D eigenvalue weighted by molar-refractivity contribution is 0.196. The van der Waals surface area contributed by atoms with E-state index >= 15 is 0 Å². The average Bonchev–Trinajstić information content (AvgIpc) is 2.52. The summed E-state index contributed by atoms with van der Waals surface area (Å²) < 4.78 is 0. The Kier molecular flexibility index (Phi) is 10.4. The molecule has 1 fully saturated rings. The fourth-order valence-electron chi connectivity index (χ4n) is 3.67. The van der Waals surface area contributed by atoms with E-state index < -0.39 is 8.80 Å². The van der Waals surface area contributed by atoms with Crippen LogP contribution in [0.2, 0.25) is 12.1 Å². The molecule has 0 aromatic rings. The summed E-state index contributed by atoms with van der Waals surface area (Å²) in [5.41, 5.74) is 0. The van der Waals surface area contributed by atoms with E-state index in [0.29, 0.717) is 0 Å². The van der Waals surface area contributed by atoms with Crippen LogP contribution in [0, 0.1) is 0 Å². The van der Waals surface area contributed by atoms with Crippen molar-refractivity contribution in [3.8, 4) is 0 Å². The monoisotopic (exact) mass is 309 g/mol. The second kappa shape index (κ2) is 11.5. The first-order valence-electron chi connectivity index (χ1n) is 9.54. The van der Waals surface area contributed by atoms with Crippen molar-refractivity contribution in [1.29, 1.82) is 0 Å². The zero-order chi connectivity index (χ0) is 15.5. The molecule has 2 atom stereocenters. The molecule has 1 heterocycles. The number of rotatable bonds is 6. The maximum Gasteiger partial charge on any atom is 0.0643 e. The van der Waals surface area contributed by atoms with Crippen LogP contribution in [0.3, 0.4) is 0 Å². The van der Waals surface area contributed by atoms with E-state index in [2.05, 4.69) is 32.3 Å². The van der Waals surface area contributed by atoms with Crippen molar-refractivity contribution >= 4 is 8.80 Å². The van der Waals surface area contributed by atoms with Gasteiger partial charge in [-0.3, -0.25) is 0 Å². The van der Waals surface area contributed by atoms with E-state index in [1.54, 1.807) is 0 Å². The maximum absolute atomic E-state index is 4.23. The molecule has 0 amide bonds. The summed E-state index contributed by atoms with van der Waals surface area (Å²) >= 11 is 0. The lowest BCUT2D eigenvalue weighted by Gasteiger charge is -2.30. The molecule has 124 valence electrons. The summed E-state index contributed by atoms with van der Waals surface area (Å²) in [6.45, 7) is 14.0. The summed E-state index contributed by atoms with van der Waals surface area (Å²) in [7, 11) is -0.661. The van der Waals surface area contributed by atoms with Crippen LogP contribution in [-0.2, 0) is 0 Å². The van der Waals surface area contributed by atoms with Crippen molar-refractivity contribution in [2.45, 2.75) is 96.7 Å². The highest BCUT2D eigenvalue weighted by Gasteiger charge is 2.16.